The summed E-state index contributed by atoms with van der Waals surface area (Å²) in [5, 5.41) is 4.14. The van der Waals surface area contributed by atoms with Gasteiger partial charge >= 0.3 is 0 Å². The average molecular weight is 281 g/mol. The highest BCUT2D eigenvalue weighted by atomic mass is 79.9. The molecule has 5 heteroatoms. The van der Waals surface area contributed by atoms with Crippen LogP contribution in [0.1, 0.15) is 17.0 Å². The van der Waals surface area contributed by atoms with E-state index in [0.29, 0.717) is 11.3 Å². The molecule has 0 fully saturated rings. The van der Waals surface area contributed by atoms with Crippen LogP contribution >= 0.6 is 15.9 Å². The summed E-state index contributed by atoms with van der Waals surface area (Å²) in [7, 11) is 1.89. The first kappa shape index (κ1) is 11.3. The maximum absolute atomic E-state index is 5.55. The van der Waals surface area contributed by atoms with Gasteiger partial charge in [-0.1, -0.05) is 24.3 Å². The lowest BCUT2D eigenvalue weighted by molar-refractivity contribution is 0.713. The molecule has 2 N–H and O–H groups in total. The molecule has 1 aromatic heterocycles. The van der Waals surface area contributed by atoms with Crippen molar-refractivity contribution in [3.05, 3.63) is 46.0 Å². The first-order chi connectivity index (χ1) is 7.69. The summed E-state index contributed by atoms with van der Waals surface area (Å²) in [6.07, 6.45) is 0.778. The lowest BCUT2D eigenvalue weighted by atomic mass is 10.1. The van der Waals surface area contributed by atoms with Gasteiger partial charge in [-0.05, 0) is 27.1 Å². The number of halogens is 1. The minimum atomic E-state index is 0.579. The zero-order chi connectivity index (χ0) is 11.5. The van der Waals surface area contributed by atoms with Crippen LogP contribution in [0, 0.1) is 0 Å². The lowest BCUT2D eigenvalue weighted by Crippen LogP contribution is -2.01. The van der Waals surface area contributed by atoms with Crippen molar-refractivity contribution in [2.75, 3.05) is 0 Å². The predicted molar refractivity (Wildman–Crippen MR) is 65.8 cm³/mol. The first-order valence-corrected chi connectivity index (χ1v) is 5.81. The second-order valence-electron chi connectivity index (χ2n) is 3.62. The van der Waals surface area contributed by atoms with Gasteiger partial charge in [0.25, 0.3) is 0 Å². The zero-order valence-corrected chi connectivity index (χ0v) is 10.6. The van der Waals surface area contributed by atoms with E-state index in [4.69, 9.17) is 5.73 Å². The van der Waals surface area contributed by atoms with Gasteiger partial charge in [0.1, 0.15) is 5.82 Å². The van der Waals surface area contributed by atoms with Crippen LogP contribution in [0.3, 0.4) is 0 Å². The fourth-order valence-electron chi connectivity index (χ4n) is 1.51. The van der Waals surface area contributed by atoms with E-state index >= 15 is 0 Å². The van der Waals surface area contributed by atoms with Gasteiger partial charge in [-0.2, -0.15) is 0 Å². The quantitative estimate of drug-likeness (QED) is 0.930. The van der Waals surface area contributed by atoms with Crippen molar-refractivity contribution in [2.24, 2.45) is 12.8 Å². The molecule has 4 nitrogen and oxygen atoms in total. The third kappa shape index (κ3) is 2.48. The Morgan fingerprint density at radius 3 is 2.38 bits per heavy atom. The third-order valence-corrected chi connectivity index (χ3v) is 2.78. The smallest absolute Gasteiger partial charge is 0.217 e. The van der Waals surface area contributed by atoms with Gasteiger partial charge in [0.05, 0.1) is 0 Å². The Balaban J connectivity index is 2.17. The number of rotatable bonds is 3. The third-order valence-electron chi connectivity index (χ3n) is 2.45. The number of hydrogen-bond donors (Lipinski definition) is 1. The molecular formula is C11H13BrN4. The van der Waals surface area contributed by atoms with E-state index in [1.54, 1.807) is 4.68 Å². The van der Waals surface area contributed by atoms with Crippen LogP contribution in [0.5, 0.6) is 0 Å². The molecule has 0 aliphatic carbocycles. The molecule has 0 aliphatic heterocycles. The molecule has 0 aliphatic rings. The molecule has 0 atom stereocenters. The molecule has 0 saturated carbocycles. The van der Waals surface area contributed by atoms with Crippen LogP contribution in [0.15, 0.2) is 29.0 Å². The summed E-state index contributed by atoms with van der Waals surface area (Å²) in [6, 6.07) is 8.23. The number of hydrogen-bond acceptors (Lipinski definition) is 3. The van der Waals surface area contributed by atoms with Gasteiger partial charge in [0, 0.05) is 20.0 Å². The number of aryl methyl sites for hydroxylation is 1. The Kier molecular flexibility index (Phi) is 3.36. The Morgan fingerprint density at radius 2 is 1.88 bits per heavy atom. The van der Waals surface area contributed by atoms with Crippen LogP contribution in [0.4, 0.5) is 0 Å². The van der Waals surface area contributed by atoms with Crippen LogP contribution in [0.25, 0.3) is 0 Å². The number of nitrogens with zero attached hydrogens (tertiary/aromatic N) is 3. The van der Waals surface area contributed by atoms with Crippen LogP contribution < -0.4 is 5.73 Å². The topological polar surface area (TPSA) is 56.7 Å². The van der Waals surface area contributed by atoms with E-state index in [-0.39, 0.29) is 0 Å². The standard InChI is InChI=1S/C11H13BrN4/c1-16-10(14-11(12)15-16)6-8-2-4-9(7-13)5-3-8/h2-5H,6-7,13H2,1H3. The second kappa shape index (κ2) is 4.76. The number of aromatic nitrogens is 3. The summed E-state index contributed by atoms with van der Waals surface area (Å²) >= 11 is 3.26. The molecule has 0 amide bonds. The average Bonchev–Trinajstić information content (AvgIpc) is 2.59. The molecular weight excluding hydrogens is 268 g/mol. The van der Waals surface area contributed by atoms with Crippen molar-refractivity contribution in [3.8, 4) is 0 Å². The molecule has 2 aromatic rings. The van der Waals surface area contributed by atoms with Gasteiger partial charge < -0.3 is 5.73 Å². The van der Waals surface area contributed by atoms with Gasteiger partial charge in [0.15, 0.2) is 0 Å². The first-order valence-electron chi connectivity index (χ1n) is 5.02. The maximum atomic E-state index is 5.55. The molecule has 84 valence electrons. The highest BCUT2D eigenvalue weighted by Crippen LogP contribution is 2.11. The maximum Gasteiger partial charge on any atom is 0.217 e. The number of benzene rings is 1. The van der Waals surface area contributed by atoms with Crippen molar-refractivity contribution < 1.29 is 0 Å². The highest BCUT2D eigenvalue weighted by Gasteiger charge is 2.05. The zero-order valence-electron chi connectivity index (χ0n) is 9.02. The van der Waals surface area contributed by atoms with Crippen molar-refractivity contribution in [2.45, 2.75) is 13.0 Å². The molecule has 0 spiro atoms. The van der Waals surface area contributed by atoms with Gasteiger partial charge in [-0.15, -0.1) is 5.10 Å². The number of nitrogens with two attached hydrogens (primary N) is 1. The van der Waals surface area contributed by atoms with Crippen molar-refractivity contribution in [3.63, 3.8) is 0 Å². The minimum absolute atomic E-state index is 0.579. The summed E-state index contributed by atoms with van der Waals surface area (Å²) in [5.74, 6) is 0.937. The summed E-state index contributed by atoms with van der Waals surface area (Å²) in [5.41, 5.74) is 7.90. The van der Waals surface area contributed by atoms with Crippen LogP contribution in [0.2, 0.25) is 0 Å². The predicted octanol–water partition coefficient (Wildman–Crippen LogP) is 1.63. The fourth-order valence-corrected chi connectivity index (χ4v) is 1.96. The fraction of sp³-hybridized carbons (Fsp3) is 0.273. The van der Waals surface area contributed by atoms with Crippen molar-refractivity contribution >= 4 is 15.9 Å². The molecule has 0 unspecified atom stereocenters. The van der Waals surface area contributed by atoms with E-state index < -0.39 is 0 Å². The largest absolute Gasteiger partial charge is 0.326 e. The molecule has 2 rings (SSSR count). The molecule has 1 aromatic carbocycles. The second-order valence-corrected chi connectivity index (χ2v) is 4.33. The summed E-state index contributed by atoms with van der Waals surface area (Å²) < 4.78 is 2.41. The summed E-state index contributed by atoms with van der Waals surface area (Å²) in [4.78, 5) is 4.29. The van der Waals surface area contributed by atoms with Crippen LogP contribution in [-0.2, 0) is 20.0 Å². The molecule has 0 radical (unpaired) electrons. The normalized spacial score (nSPS) is 10.7. The van der Waals surface area contributed by atoms with Gasteiger partial charge in [0.2, 0.25) is 4.73 Å². The van der Waals surface area contributed by atoms with E-state index in [1.165, 1.54) is 5.56 Å². The molecule has 16 heavy (non-hydrogen) atoms. The van der Waals surface area contributed by atoms with Gasteiger partial charge in [-0.25, -0.2) is 4.98 Å². The highest BCUT2D eigenvalue weighted by molar-refractivity contribution is 9.10. The molecule has 0 saturated heterocycles. The minimum Gasteiger partial charge on any atom is -0.326 e. The van der Waals surface area contributed by atoms with E-state index in [0.717, 1.165) is 17.8 Å². The molecule has 0 bridgehead atoms. The Labute approximate surface area is 103 Å². The Bertz CT molecular complexity index is 475. The van der Waals surface area contributed by atoms with Crippen molar-refractivity contribution in [1.29, 1.82) is 0 Å². The monoisotopic (exact) mass is 280 g/mol. The van der Waals surface area contributed by atoms with E-state index in [2.05, 4.69) is 38.1 Å². The Hall–Kier alpha value is -1.20. The van der Waals surface area contributed by atoms with Crippen molar-refractivity contribution in [1.82, 2.24) is 14.8 Å². The molecule has 1 heterocycles. The van der Waals surface area contributed by atoms with Gasteiger partial charge in [-0.3, -0.25) is 4.68 Å². The van der Waals surface area contributed by atoms with E-state index in [1.807, 2.05) is 19.2 Å². The Morgan fingerprint density at radius 1 is 1.25 bits per heavy atom. The lowest BCUT2D eigenvalue weighted by Gasteiger charge is -2.02. The SMILES string of the molecule is Cn1nc(Br)nc1Cc1ccc(CN)cc1. The van der Waals surface area contributed by atoms with Crippen LogP contribution in [-0.4, -0.2) is 14.8 Å². The van der Waals surface area contributed by atoms with E-state index in [9.17, 15) is 0 Å². The summed E-state index contributed by atoms with van der Waals surface area (Å²) in [6.45, 7) is 0.579.